The lowest BCUT2D eigenvalue weighted by Crippen LogP contribution is -2.50. The van der Waals surface area contributed by atoms with Crippen LogP contribution in [0.3, 0.4) is 0 Å². The largest absolute Gasteiger partial charge is 0.383 e. The van der Waals surface area contributed by atoms with Crippen molar-refractivity contribution in [2.24, 2.45) is 5.92 Å². The van der Waals surface area contributed by atoms with Crippen LogP contribution in [-0.2, 0) is 4.74 Å². The smallest absolute Gasteiger partial charge is 0.273 e. The van der Waals surface area contributed by atoms with Crippen LogP contribution in [0.25, 0.3) is 0 Å². The standard InChI is InChI=1S/C22H38N4O5S.H2/c1-16-13-19(23-22(27)20-14-21(31-24-20)18-3-4-18)7-10-26(16)32(28,29)15-17-5-8-25(9-6-17)11-12-30-2;/h14,16-19,28-29H,3-13,15H2,1-2H3,(H,23,27);1H/t16-,19-;/m1./s1. The van der Waals surface area contributed by atoms with Crippen molar-refractivity contribution >= 4 is 16.7 Å². The van der Waals surface area contributed by atoms with Gasteiger partial charge in [-0.25, -0.2) is 4.31 Å². The van der Waals surface area contributed by atoms with Gasteiger partial charge in [0, 0.05) is 45.7 Å². The minimum Gasteiger partial charge on any atom is -0.383 e. The van der Waals surface area contributed by atoms with Gasteiger partial charge in [0.05, 0.1) is 12.4 Å². The molecule has 1 aromatic heterocycles. The molecule has 9 nitrogen and oxygen atoms in total. The highest BCUT2D eigenvalue weighted by Crippen LogP contribution is 2.49. The summed E-state index contributed by atoms with van der Waals surface area (Å²) in [6.07, 6.45) is 5.55. The molecule has 32 heavy (non-hydrogen) atoms. The van der Waals surface area contributed by atoms with E-state index in [0.29, 0.717) is 42.7 Å². The Morgan fingerprint density at radius 3 is 2.69 bits per heavy atom. The number of methoxy groups -OCH3 is 1. The average molecular weight is 473 g/mol. The number of ether oxygens (including phenoxy) is 1. The van der Waals surface area contributed by atoms with E-state index in [9.17, 15) is 13.9 Å². The predicted molar refractivity (Wildman–Crippen MR) is 126 cm³/mol. The molecule has 2 aliphatic heterocycles. The Balaban J connectivity index is 0.00000306. The normalized spacial score (nSPS) is 26.9. The second-order valence-electron chi connectivity index (χ2n) is 9.65. The molecule has 1 amide bonds. The summed E-state index contributed by atoms with van der Waals surface area (Å²) in [6.45, 7) is 6.22. The fourth-order valence-corrected chi connectivity index (χ4v) is 7.16. The van der Waals surface area contributed by atoms with Crippen LogP contribution in [0.15, 0.2) is 10.6 Å². The van der Waals surface area contributed by atoms with Crippen LogP contribution in [0, 0.1) is 5.92 Å². The molecule has 3 N–H and O–H groups in total. The molecule has 2 saturated heterocycles. The van der Waals surface area contributed by atoms with Gasteiger partial charge in [0.2, 0.25) is 0 Å². The van der Waals surface area contributed by atoms with Gasteiger partial charge in [0.25, 0.3) is 5.91 Å². The lowest BCUT2D eigenvalue weighted by atomic mass is 9.99. The molecule has 0 bridgehead atoms. The quantitative estimate of drug-likeness (QED) is 0.501. The molecule has 1 saturated carbocycles. The van der Waals surface area contributed by atoms with E-state index in [1.54, 1.807) is 13.2 Å². The number of hydrogen-bond donors (Lipinski definition) is 3. The third kappa shape index (κ3) is 6.03. The van der Waals surface area contributed by atoms with Crippen molar-refractivity contribution in [2.75, 3.05) is 45.6 Å². The molecule has 3 heterocycles. The summed E-state index contributed by atoms with van der Waals surface area (Å²) in [5, 5.41) is 6.97. The molecule has 0 radical (unpaired) electrons. The summed E-state index contributed by atoms with van der Waals surface area (Å²) >= 11 is 0. The van der Waals surface area contributed by atoms with Crippen LogP contribution < -0.4 is 5.32 Å². The highest BCUT2D eigenvalue weighted by molar-refractivity contribution is 8.22. The van der Waals surface area contributed by atoms with Gasteiger partial charge < -0.3 is 19.5 Å². The van der Waals surface area contributed by atoms with Gasteiger partial charge in [0.1, 0.15) is 5.76 Å². The fraction of sp³-hybridized carbons (Fsp3) is 0.818. The Bertz CT molecular complexity index is 770. The molecule has 1 aliphatic carbocycles. The monoisotopic (exact) mass is 472 g/mol. The topological polar surface area (TPSA) is 111 Å². The number of hydrogen-bond acceptors (Lipinski definition) is 8. The first kappa shape index (κ1) is 24.0. The Hall–Kier alpha value is -1.17. The lowest BCUT2D eigenvalue weighted by Gasteiger charge is -2.51. The van der Waals surface area contributed by atoms with Gasteiger partial charge in [-0.05, 0) is 64.5 Å². The zero-order valence-electron chi connectivity index (χ0n) is 19.2. The summed E-state index contributed by atoms with van der Waals surface area (Å²) in [6, 6.07) is 1.73. The SMILES string of the molecule is COCCN1CCC(CS(O)(O)N2CC[C@@H](NC(=O)c3cc(C4CC4)on3)C[C@H]2C)CC1.[HH]. The third-order valence-electron chi connectivity index (χ3n) is 7.04. The molecule has 1 aromatic rings. The summed E-state index contributed by atoms with van der Waals surface area (Å²) in [4.78, 5) is 14.9. The van der Waals surface area contributed by atoms with E-state index >= 15 is 0 Å². The summed E-state index contributed by atoms with van der Waals surface area (Å²) in [5.41, 5.74) is 0.336. The van der Waals surface area contributed by atoms with E-state index in [-0.39, 0.29) is 19.4 Å². The maximum absolute atomic E-state index is 12.6. The molecule has 3 aliphatic rings. The van der Waals surface area contributed by atoms with Gasteiger partial charge in [0.15, 0.2) is 5.69 Å². The van der Waals surface area contributed by atoms with Crippen molar-refractivity contribution in [3.05, 3.63) is 17.5 Å². The Labute approximate surface area is 193 Å². The summed E-state index contributed by atoms with van der Waals surface area (Å²) < 4.78 is 34.3. The van der Waals surface area contributed by atoms with Gasteiger partial charge in [-0.15, -0.1) is 10.8 Å². The number of rotatable bonds is 9. The molecular formula is C22H40N4O5S. The molecule has 2 atom stereocenters. The zero-order valence-corrected chi connectivity index (χ0v) is 20.1. The number of amides is 1. The highest BCUT2D eigenvalue weighted by Gasteiger charge is 2.36. The number of aromatic nitrogens is 1. The van der Waals surface area contributed by atoms with Crippen LogP contribution >= 0.6 is 10.8 Å². The number of nitrogens with zero attached hydrogens (tertiary/aromatic N) is 3. The van der Waals surface area contributed by atoms with Crippen molar-refractivity contribution < 1.29 is 24.6 Å². The number of carbonyl (C=O) groups is 1. The second kappa shape index (κ2) is 10.4. The van der Waals surface area contributed by atoms with Crippen molar-refractivity contribution in [3.8, 4) is 0 Å². The Morgan fingerprint density at radius 2 is 2.03 bits per heavy atom. The lowest BCUT2D eigenvalue weighted by molar-refractivity contribution is 0.0902. The van der Waals surface area contributed by atoms with Gasteiger partial charge in [-0.3, -0.25) is 13.9 Å². The van der Waals surface area contributed by atoms with Gasteiger partial charge >= 0.3 is 0 Å². The maximum atomic E-state index is 12.6. The minimum atomic E-state index is -2.82. The Morgan fingerprint density at radius 1 is 1.28 bits per heavy atom. The maximum Gasteiger partial charge on any atom is 0.273 e. The minimum absolute atomic E-state index is 0. The van der Waals surface area contributed by atoms with Gasteiger partial charge in [-0.2, -0.15) is 0 Å². The third-order valence-corrected chi connectivity index (χ3v) is 9.26. The van der Waals surface area contributed by atoms with Crippen LogP contribution in [0.5, 0.6) is 0 Å². The number of likely N-dealkylation sites (tertiary alicyclic amines) is 1. The van der Waals surface area contributed by atoms with E-state index in [2.05, 4.69) is 15.4 Å². The molecule has 184 valence electrons. The number of nitrogens with one attached hydrogen (secondary N) is 1. The molecule has 3 fully saturated rings. The number of piperidine rings is 2. The summed E-state index contributed by atoms with van der Waals surface area (Å²) in [5.74, 6) is 1.79. The molecule has 10 heteroatoms. The molecular weight excluding hydrogens is 432 g/mol. The van der Waals surface area contributed by atoms with Crippen molar-refractivity contribution in [3.63, 3.8) is 0 Å². The average Bonchev–Trinajstić information content (AvgIpc) is 3.49. The molecule has 4 rings (SSSR count). The van der Waals surface area contributed by atoms with E-state index in [0.717, 1.165) is 57.7 Å². The van der Waals surface area contributed by atoms with Crippen LogP contribution in [0.1, 0.15) is 69.0 Å². The van der Waals surface area contributed by atoms with E-state index in [1.807, 2.05) is 11.2 Å². The highest BCUT2D eigenvalue weighted by atomic mass is 32.3. The molecule has 0 unspecified atom stereocenters. The van der Waals surface area contributed by atoms with E-state index in [4.69, 9.17) is 9.26 Å². The predicted octanol–water partition coefficient (Wildman–Crippen LogP) is 3.40. The molecule has 0 aromatic carbocycles. The van der Waals surface area contributed by atoms with Crippen molar-refractivity contribution in [1.29, 1.82) is 0 Å². The first-order valence-corrected chi connectivity index (χ1v) is 13.5. The zero-order chi connectivity index (χ0) is 22.7. The van der Waals surface area contributed by atoms with Crippen molar-refractivity contribution in [1.82, 2.24) is 19.7 Å². The first-order valence-electron chi connectivity index (χ1n) is 11.9. The number of carbonyl (C=O) groups excluding carboxylic acids is 1. The van der Waals surface area contributed by atoms with Crippen molar-refractivity contribution in [2.45, 2.75) is 63.5 Å². The van der Waals surface area contributed by atoms with E-state index in [1.165, 1.54) is 0 Å². The van der Waals surface area contributed by atoms with Crippen LogP contribution in [-0.4, -0.2) is 87.1 Å². The van der Waals surface area contributed by atoms with Crippen LogP contribution in [0.2, 0.25) is 0 Å². The fourth-order valence-electron chi connectivity index (χ4n) is 4.94. The van der Waals surface area contributed by atoms with Crippen LogP contribution in [0.4, 0.5) is 0 Å². The van der Waals surface area contributed by atoms with Gasteiger partial charge in [-0.1, -0.05) is 5.16 Å². The Kier molecular flexibility index (Phi) is 7.79. The summed E-state index contributed by atoms with van der Waals surface area (Å²) in [7, 11) is -1.10. The first-order chi connectivity index (χ1) is 15.4. The van der Waals surface area contributed by atoms with E-state index < -0.39 is 10.8 Å². The second-order valence-corrected chi connectivity index (χ2v) is 11.7. The molecule has 0 spiro atoms.